The molecule has 186 valence electrons. The Bertz CT molecular complexity index is 1320. The first kappa shape index (κ1) is 26.1. The van der Waals surface area contributed by atoms with Crippen molar-refractivity contribution in [3.05, 3.63) is 65.7 Å². The van der Waals surface area contributed by atoms with E-state index in [1.807, 2.05) is 31.2 Å². The largest absolute Gasteiger partial charge is 0.497 e. The average Bonchev–Trinajstić information content (AvgIpc) is 2.86. The molecule has 0 aromatic heterocycles. The quantitative estimate of drug-likeness (QED) is 0.272. The molecule has 1 aliphatic heterocycles. The highest BCUT2D eigenvalue weighted by Gasteiger charge is 2.38. The van der Waals surface area contributed by atoms with Crippen molar-refractivity contribution in [3.8, 4) is 11.5 Å². The first-order valence-electron chi connectivity index (χ1n) is 11.0. The molecule has 0 spiro atoms. The highest BCUT2D eigenvalue weighted by Crippen LogP contribution is 2.34. The van der Waals surface area contributed by atoms with Crippen LogP contribution in [0.25, 0.3) is 10.8 Å². The van der Waals surface area contributed by atoms with Crippen molar-refractivity contribution >= 4 is 32.7 Å². The fourth-order valence-corrected chi connectivity index (χ4v) is 4.31. The number of hydrogen-bond donors (Lipinski definition) is 1. The van der Waals surface area contributed by atoms with Crippen LogP contribution in [0.15, 0.2) is 59.5 Å². The van der Waals surface area contributed by atoms with Gasteiger partial charge in [0.2, 0.25) is 0 Å². The van der Waals surface area contributed by atoms with Crippen molar-refractivity contribution in [2.75, 3.05) is 20.8 Å². The predicted octanol–water partition coefficient (Wildman–Crippen LogP) is 4.51. The van der Waals surface area contributed by atoms with E-state index in [9.17, 15) is 22.6 Å². The zero-order valence-corrected chi connectivity index (χ0v) is 20.5. The van der Waals surface area contributed by atoms with Crippen molar-refractivity contribution in [3.63, 3.8) is 0 Å². The zero-order chi connectivity index (χ0) is 25.6. The third-order valence-electron chi connectivity index (χ3n) is 5.34. The lowest BCUT2D eigenvalue weighted by atomic mass is 9.95. The number of benzene rings is 3. The number of nitrogens with zero attached hydrogens (tertiary/aromatic N) is 1. The SMILES string of the molecule is CCCCCON1C(=O)c2cccc3ccc(S(=O)(=O)O)c(c23)C1=O.COc1cccc(OC)c1. The highest BCUT2D eigenvalue weighted by atomic mass is 32.2. The van der Waals surface area contributed by atoms with Crippen molar-refractivity contribution < 1.29 is 36.9 Å². The number of imide groups is 1. The monoisotopic (exact) mass is 501 g/mol. The Morgan fingerprint density at radius 1 is 0.886 bits per heavy atom. The smallest absolute Gasteiger partial charge is 0.295 e. The second kappa shape index (κ2) is 11.3. The van der Waals surface area contributed by atoms with Gasteiger partial charge in [-0.05, 0) is 36.1 Å². The standard InChI is InChI=1S/C17H17NO6S.C8H10O2/c1-2-3-4-10-24-18-16(19)12-7-5-6-11-8-9-13(25(21,22)23)15(14(11)12)17(18)20;1-9-7-4-3-5-8(6-7)10-2/h5-9H,2-4,10H2,1H3,(H,21,22,23);3-6H,1-2H3. The Morgan fingerprint density at radius 2 is 1.54 bits per heavy atom. The van der Waals surface area contributed by atoms with E-state index in [0.29, 0.717) is 16.9 Å². The van der Waals surface area contributed by atoms with Crippen LogP contribution in [0.5, 0.6) is 11.5 Å². The fraction of sp³-hybridized carbons (Fsp3) is 0.280. The number of unbranched alkanes of at least 4 members (excludes halogenated alkanes) is 2. The summed E-state index contributed by atoms with van der Waals surface area (Å²) in [6.45, 7) is 2.16. The highest BCUT2D eigenvalue weighted by molar-refractivity contribution is 7.86. The molecule has 0 saturated carbocycles. The van der Waals surface area contributed by atoms with Gasteiger partial charge in [0, 0.05) is 11.5 Å². The summed E-state index contributed by atoms with van der Waals surface area (Å²) in [6, 6.07) is 14.9. The van der Waals surface area contributed by atoms with Crippen LogP contribution in [0.3, 0.4) is 0 Å². The van der Waals surface area contributed by atoms with Gasteiger partial charge in [-0.15, -0.1) is 5.06 Å². The maximum Gasteiger partial charge on any atom is 0.295 e. The van der Waals surface area contributed by atoms with Gasteiger partial charge in [-0.1, -0.05) is 44.0 Å². The Labute approximate surface area is 203 Å². The predicted molar refractivity (Wildman–Crippen MR) is 129 cm³/mol. The lowest BCUT2D eigenvalue weighted by molar-refractivity contribution is -0.0962. The Balaban J connectivity index is 0.000000287. The lowest BCUT2D eigenvalue weighted by Crippen LogP contribution is -2.41. The second-order valence-corrected chi connectivity index (χ2v) is 9.04. The molecule has 0 aliphatic carbocycles. The molecule has 9 nitrogen and oxygen atoms in total. The molecule has 3 aromatic rings. The van der Waals surface area contributed by atoms with Crippen LogP contribution in [0, 0.1) is 0 Å². The van der Waals surface area contributed by atoms with Gasteiger partial charge in [0.15, 0.2) is 0 Å². The molecule has 0 radical (unpaired) electrons. The number of ether oxygens (including phenoxy) is 2. The maximum atomic E-state index is 12.7. The minimum Gasteiger partial charge on any atom is -0.497 e. The number of rotatable bonds is 8. The molecule has 0 atom stereocenters. The molecule has 10 heteroatoms. The van der Waals surface area contributed by atoms with Crippen LogP contribution in [0.1, 0.15) is 46.9 Å². The molecule has 4 rings (SSSR count). The van der Waals surface area contributed by atoms with E-state index in [-0.39, 0.29) is 23.1 Å². The lowest BCUT2D eigenvalue weighted by Gasteiger charge is -2.27. The van der Waals surface area contributed by atoms with Crippen LogP contribution < -0.4 is 9.47 Å². The Morgan fingerprint density at radius 3 is 2.14 bits per heavy atom. The summed E-state index contributed by atoms with van der Waals surface area (Å²) in [6.07, 6.45) is 2.48. The van der Waals surface area contributed by atoms with E-state index >= 15 is 0 Å². The van der Waals surface area contributed by atoms with Crippen molar-refractivity contribution in [1.82, 2.24) is 5.06 Å². The van der Waals surface area contributed by atoms with E-state index in [1.165, 1.54) is 12.1 Å². The molecule has 1 aliphatic rings. The number of carbonyl (C=O) groups excluding carboxylic acids is 2. The van der Waals surface area contributed by atoms with Crippen LogP contribution in [0.4, 0.5) is 0 Å². The van der Waals surface area contributed by atoms with Gasteiger partial charge in [-0.3, -0.25) is 19.0 Å². The average molecular weight is 502 g/mol. The molecule has 1 heterocycles. The van der Waals surface area contributed by atoms with E-state index in [4.69, 9.17) is 14.3 Å². The van der Waals surface area contributed by atoms with Gasteiger partial charge in [-0.2, -0.15) is 8.42 Å². The van der Waals surface area contributed by atoms with E-state index in [0.717, 1.165) is 30.4 Å². The summed E-state index contributed by atoms with van der Waals surface area (Å²) >= 11 is 0. The van der Waals surface area contributed by atoms with E-state index in [2.05, 4.69) is 0 Å². The fourth-order valence-electron chi connectivity index (χ4n) is 3.62. The van der Waals surface area contributed by atoms with Crippen LogP contribution in [-0.4, -0.2) is 50.7 Å². The Hall–Kier alpha value is -3.47. The van der Waals surface area contributed by atoms with Crippen molar-refractivity contribution in [2.45, 2.75) is 31.1 Å². The minimum absolute atomic E-state index is 0.157. The summed E-state index contributed by atoms with van der Waals surface area (Å²) in [5.74, 6) is 0.101. The van der Waals surface area contributed by atoms with Crippen LogP contribution in [0.2, 0.25) is 0 Å². The topological polar surface area (TPSA) is 119 Å². The summed E-state index contributed by atoms with van der Waals surface area (Å²) in [7, 11) is -1.37. The molecule has 1 N–H and O–H groups in total. The van der Waals surface area contributed by atoms with Crippen molar-refractivity contribution in [1.29, 1.82) is 0 Å². The second-order valence-electron chi connectivity index (χ2n) is 7.65. The molecule has 0 bridgehead atoms. The zero-order valence-electron chi connectivity index (χ0n) is 19.7. The normalized spacial score (nSPS) is 12.9. The van der Waals surface area contributed by atoms with Crippen LogP contribution in [-0.2, 0) is 15.0 Å². The molecule has 0 unspecified atom stereocenters. The molecule has 0 saturated heterocycles. The van der Waals surface area contributed by atoms with Gasteiger partial charge in [-0.25, -0.2) is 0 Å². The van der Waals surface area contributed by atoms with Gasteiger partial charge in [0.1, 0.15) is 16.4 Å². The first-order valence-corrected chi connectivity index (χ1v) is 12.4. The summed E-state index contributed by atoms with van der Waals surface area (Å²) in [4.78, 5) is 30.1. The molecule has 3 aromatic carbocycles. The number of amides is 2. The first-order chi connectivity index (χ1) is 16.7. The van der Waals surface area contributed by atoms with E-state index < -0.39 is 26.8 Å². The van der Waals surface area contributed by atoms with E-state index in [1.54, 1.807) is 26.4 Å². The Kier molecular flexibility index (Phi) is 8.44. The molecular weight excluding hydrogens is 474 g/mol. The number of methoxy groups -OCH3 is 2. The number of hydrogen-bond acceptors (Lipinski definition) is 7. The third-order valence-corrected chi connectivity index (χ3v) is 6.24. The van der Waals surface area contributed by atoms with Crippen LogP contribution >= 0.6 is 0 Å². The minimum atomic E-state index is -4.64. The van der Waals surface area contributed by atoms with Crippen molar-refractivity contribution in [2.24, 2.45) is 0 Å². The van der Waals surface area contributed by atoms with Gasteiger partial charge < -0.3 is 9.47 Å². The molecule has 0 fully saturated rings. The summed E-state index contributed by atoms with van der Waals surface area (Å²) in [5.41, 5.74) is -0.0845. The number of carbonyl (C=O) groups is 2. The maximum absolute atomic E-state index is 12.7. The molecule has 35 heavy (non-hydrogen) atoms. The molecular formula is C25H27NO8S. The summed E-state index contributed by atoms with van der Waals surface area (Å²) in [5, 5.41) is 1.33. The number of hydroxylamine groups is 2. The van der Waals surface area contributed by atoms with Gasteiger partial charge >= 0.3 is 0 Å². The summed E-state index contributed by atoms with van der Waals surface area (Å²) < 4.78 is 42.8. The van der Waals surface area contributed by atoms with Gasteiger partial charge in [0.25, 0.3) is 21.9 Å². The molecule has 2 amide bonds. The van der Waals surface area contributed by atoms with Gasteiger partial charge in [0.05, 0.1) is 32.0 Å². The third kappa shape index (κ3) is 5.79.